The Kier molecular flexibility index (Phi) is 5.30. The van der Waals surface area contributed by atoms with Crippen molar-refractivity contribution in [3.63, 3.8) is 0 Å². The number of Topliss-reactive ketones (excluding diaryl/α,β-unsaturated/α-hetero) is 1. The molecule has 0 radical (unpaired) electrons. The van der Waals surface area contributed by atoms with Crippen LogP contribution in [-0.4, -0.2) is 24.1 Å². The lowest BCUT2D eigenvalue weighted by atomic mass is 10.1. The number of halogens is 2. The van der Waals surface area contributed by atoms with E-state index in [4.69, 9.17) is 23.2 Å². The molecule has 1 heterocycles. The molecule has 0 unspecified atom stereocenters. The topological polar surface area (TPSA) is 66.5 Å². The molecule has 0 aromatic heterocycles. The molecule has 0 aliphatic carbocycles. The summed E-state index contributed by atoms with van der Waals surface area (Å²) < 4.78 is 0. The second kappa shape index (κ2) is 7.48. The van der Waals surface area contributed by atoms with Crippen LogP contribution in [0.15, 0.2) is 42.5 Å². The average molecular weight is 391 g/mol. The van der Waals surface area contributed by atoms with Crippen LogP contribution in [0.25, 0.3) is 0 Å². The van der Waals surface area contributed by atoms with E-state index in [9.17, 15) is 14.4 Å². The summed E-state index contributed by atoms with van der Waals surface area (Å²) in [6, 6.07) is 11.7. The van der Waals surface area contributed by atoms with Gasteiger partial charge in [0.05, 0.1) is 21.7 Å². The minimum atomic E-state index is -0.495. The van der Waals surface area contributed by atoms with Gasteiger partial charge in [-0.05, 0) is 43.3 Å². The van der Waals surface area contributed by atoms with Crippen LogP contribution in [-0.2, 0) is 9.59 Å². The summed E-state index contributed by atoms with van der Waals surface area (Å²) in [6.07, 6.45) is 0.0974. The first-order valence-electron chi connectivity index (χ1n) is 8.03. The Bertz CT molecular complexity index is 881. The Hall–Kier alpha value is -2.37. The standard InChI is InChI=1S/C19H16Cl2N2O3/c1-11(24)12-5-7-14(8-6-12)22-19(26)13-9-17(25)23(10-13)16-4-2-3-15(20)18(16)21/h2-8,13H,9-10H2,1H3,(H,22,26)/t13-/m1/s1. The summed E-state index contributed by atoms with van der Waals surface area (Å²) in [7, 11) is 0. The van der Waals surface area contributed by atoms with Gasteiger partial charge in [0.25, 0.3) is 0 Å². The second-order valence-corrected chi connectivity index (χ2v) is 6.89. The monoisotopic (exact) mass is 390 g/mol. The largest absolute Gasteiger partial charge is 0.326 e. The van der Waals surface area contributed by atoms with Crippen LogP contribution in [0, 0.1) is 5.92 Å². The Morgan fingerprint density at radius 2 is 1.81 bits per heavy atom. The lowest BCUT2D eigenvalue weighted by molar-refractivity contribution is -0.122. The number of ketones is 1. The molecule has 26 heavy (non-hydrogen) atoms. The molecule has 2 amide bonds. The quantitative estimate of drug-likeness (QED) is 0.795. The molecular weight excluding hydrogens is 375 g/mol. The molecule has 0 saturated carbocycles. The van der Waals surface area contributed by atoms with E-state index in [1.807, 2.05) is 0 Å². The van der Waals surface area contributed by atoms with Gasteiger partial charge in [-0.3, -0.25) is 14.4 Å². The number of carbonyl (C=O) groups excluding carboxylic acids is 3. The van der Waals surface area contributed by atoms with E-state index in [-0.39, 0.29) is 30.6 Å². The van der Waals surface area contributed by atoms with Gasteiger partial charge in [-0.2, -0.15) is 0 Å². The third-order valence-corrected chi connectivity index (χ3v) is 5.09. The molecule has 1 aliphatic heterocycles. The number of rotatable bonds is 4. The maximum absolute atomic E-state index is 12.5. The average Bonchev–Trinajstić information content (AvgIpc) is 2.99. The molecule has 0 spiro atoms. The Balaban J connectivity index is 1.71. The van der Waals surface area contributed by atoms with Crippen LogP contribution in [0.2, 0.25) is 10.0 Å². The predicted molar refractivity (Wildman–Crippen MR) is 102 cm³/mol. The molecule has 2 aromatic rings. The van der Waals surface area contributed by atoms with Crippen molar-refractivity contribution in [2.24, 2.45) is 5.92 Å². The molecule has 3 rings (SSSR count). The van der Waals surface area contributed by atoms with Crippen molar-refractivity contribution in [2.45, 2.75) is 13.3 Å². The second-order valence-electron chi connectivity index (χ2n) is 6.10. The fourth-order valence-electron chi connectivity index (χ4n) is 2.85. The molecule has 0 bridgehead atoms. The summed E-state index contributed by atoms with van der Waals surface area (Å²) in [5, 5.41) is 3.43. The lowest BCUT2D eigenvalue weighted by Crippen LogP contribution is -2.28. The normalized spacial score (nSPS) is 16.7. The molecule has 1 aliphatic rings. The summed E-state index contributed by atoms with van der Waals surface area (Å²) in [5.41, 5.74) is 1.65. The molecule has 134 valence electrons. The van der Waals surface area contributed by atoms with Crippen molar-refractivity contribution >= 4 is 52.2 Å². The van der Waals surface area contributed by atoms with Gasteiger partial charge in [0, 0.05) is 24.2 Å². The first-order chi connectivity index (χ1) is 12.4. The van der Waals surface area contributed by atoms with Crippen molar-refractivity contribution in [3.8, 4) is 0 Å². The fraction of sp³-hybridized carbons (Fsp3) is 0.211. The maximum atomic E-state index is 12.5. The number of nitrogens with one attached hydrogen (secondary N) is 1. The van der Waals surface area contributed by atoms with Gasteiger partial charge < -0.3 is 10.2 Å². The summed E-state index contributed by atoms with van der Waals surface area (Å²) in [6.45, 7) is 1.71. The zero-order valence-electron chi connectivity index (χ0n) is 14.0. The van der Waals surface area contributed by atoms with Crippen molar-refractivity contribution in [1.29, 1.82) is 0 Å². The number of nitrogens with zero attached hydrogens (tertiary/aromatic N) is 1. The van der Waals surface area contributed by atoms with E-state index in [0.29, 0.717) is 27.0 Å². The van der Waals surface area contributed by atoms with Crippen molar-refractivity contribution in [1.82, 2.24) is 0 Å². The van der Waals surface area contributed by atoms with Crippen LogP contribution in [0.1, 0.15) is 23.7 Å². The highest BCUT2D eigenvalue weighted by molar-refractivity contribution is 6.44. The van der Waals surface area contributed by atoms with E-state index in [1.54, 1.807) is 42.5 Å². The SMILES string of the molecule is CC(=O)c1ccc(NC(=O)[C@@H]2CC(=O)N(c3cccc(Cl)c3Cl)C2)cc1. The first kappa shape index (κ1) is 18.4. The van der Waals surface area contributed by atoms with Gasteiger partial charge in [0.2, 0.25) is 11.8 Å². The summed E-state index contributed by atoms with van der Waals surface area (Å²) in [4.78, 5) is 37.6. The minimum absolute atomic E-state index is 0.0432. The Morgan fingerprint density at radius 3 is 2.46 bits per heavy atom. The first-order valence-corrected chi connectivity index (χ1v) is 8.78. The molecule has 1 N–H and O–H groups in total. The number of anilines is 2. The van der Waals surface area contributed by atoms with Gasteiger partial charge >= 0.3 is 0 Å². The number of benzene rings is 2. The molecule has 7 heteroatoms. The van der Waals surface area contributed by atoms with Gasteiger partial charge in [-0.1, -0.05) is 29.3 Å². The van der Waals surface area contributed by atoms with Gasteiger partial charge in [-0.25, -0.2) is 0 Å². The summed E-state index contributed by atoms with van der Waals surface area (Å²) >= 11 is 12.2. The number of hydrogen-bond donors (Lipinski definition) is 1. The van der Waals surface area contributed by atoms with Crippen LogP contribution < -0.4 is 10.2 Å². The van der Waals surface area contributed by atoms with Crippen LogP contribution in [0.5, 0.6) is 0 Å². The van der Waals surface area contributed by atoms with Gasteiger partial charge in [-0.15, -0.1) is 0 Å². The lowest BCUT2D eigenvalue weighted by Gasteiger charge is -2.18. The minimum Gasteiger partial charge on any atom is -0.326 e. The van der Waals surface area contributed by atoms with Crippen LogP contribution in [0.4, 0.5) is 11.4 Å². The van der Waals surface area contributed by atoms with E-state index in [2.05, 4.69) is 5.32 Å². The molecule has 5 nitrogen and oxygen atoms in total. The van der Waals surface area contributed by atoms with E-state index in [0.717, 1.165) is 0 Å². The predicted octanol–water partition coefficient (Wildman–Crippen LogP) is 4.19. The molecule has 1 fully saturated rings. The highest BCUT2D eigenvalue weighted by atomic mass is 35.5. The Morgan fingerprint density at radius 1 is 1.12 bits per heavy atom. The van der Waals surface area contributed by atoms with Crippen molar-refractivity contribution in [2.75, 3.05) is 16.8 Å². The fourth-order valence-corrected chi connectivity index (χ4v) is 3.25. The molecule has 2 aromatic carbocycles. The number of carbonyl (C=O) groups is 3. The zero-order chi connectivity index (χ0) is 18.8. The third-order valence-electron chi connectivity index (χ3n) is 4.28. The van der Waals surface area contributed by atoms with E-state index >= 15 is 0 Å². The van der Waals surface area contributed by atoms with Crippen molar-refractivity contribution < 1.29 is 14.4 Å². The van der Waals surface area contributed by atoms with Gasteiger partial charge in [0.15, 0.2) is 5.78 Å². The molecule has 1 saturated heterocycles. The molecular formula is C19H16Cl2N2O3. The van der Waals surface area contributed by atoms with Gasteiger partial charge in [0.1, 0.15) is 0 Å². The number of amides is 2. The van der Waals surface area contributed by atoms with E-state index in [1.165, 1.54) is 11.8 Å². The molecule has 1 atom stereocenters. The zero-order valence-corrected chi connectivity index (χ0v) is 15.5. The smallest absolute Gasteiger partial charge is 0.229 e. The van der Waals surface area contributed by atoms with Crippen LogP contribution >= 0.6 is 23.2 Å². The highest BCUT2D eigenvalue weighted by Crippen LogP contribution is 2.35. The Labute approximate surface area is 160 Å². The number of hydrogen-bond acceptors (Lipinski definition) is 3. The van der Waals surface area contributed by atoms with Crippen molar-refractivity contribution in [3.05, 3.63) is 58.1 Å². The highest BCUT2D eigenvalue weighted by Gasteiger charge is 2.36. The summed E-state index contributed by atoms with van der Waals surface area (Å²) in [5.74, 6) is -0.973. The maximum Gasteiger partial charge on any atom is 0.229 e. The van der Waals surface area contributed by atoms with E-state index < -0.39 is 5.92 Å². The van der Waals surface area contributed by atoms with Crippen LogP contribution in [0.3, 0.4) is 0 Å². The third kappa shape index (κ3) is 3.74.